The van der Waals surface area contributed by atoms with Gasteiger partial charge in [-0.1, -0.05) is 6.92 Å². The SMILES string of the molecule is CCC(=O)CSc1ccc(F)c(F)c1. The normalized spacial score (nSPS) is 10.2. The quantitative estimate of drug-likeness (QED) is 0.719. The largest absolute Gasteiger partial charge is 0.299 e. The molecule has 1 aromatic rings. The Labute approximate surface area is 85.5 Å². The molecule has 0 radical (unpaired) electrons. The van der Waals surface area contributed by atoms with Crippen LogP contribution in [0.1, 0.15) is 13.3 Å². The highest BCUT2D eigenvalue weighted by atomic mass is 32.2. The lowest BCUT2D eigenvalue weighted by molar-refractivity contribution is -0.116. The van der Waals surface area contributed by atoms with Gasteiger partial charge in [0, 0.05) is 11.3 Å². The average Bonchev–Trinajstić information content (AvgIpc) is 2.19. The van der Waals surface area contributed by atoms with Gasteiger partial charge in [0.1, 0.15) is 5.78 Å². The number of hydrogen-bond donors (Lipinski definition) is 0. The molecular weight excluding hydrogens is 206 g/mol. The summed E-state index contributed by atoms with van der Waals surface area (Å²) in [5.41, 5.74) is 0. The number of Topliss-reactive ketones (excluding diaryl/α,β-unsaturated/α-hetero) is 1. The van der Waals surface area contributed by atoms with Crippen LogP contribution >= 0.6 is 11.8 Å². The van der Waals surface area contributed by atoms with Crippen LogP contribution in [0.15, 0.2) is 23.1 Å². The van der Waals surface area contributed by atoms with Crippen molar-refractivity contribution < 1.29 is 13.6 Å². The second kappa shape index (κ2) is 5.10. The minimum absolute atomic E-state index is 0.0970. The van der Waals surface area contributed by atoms with Gasteiger partial charge in [0.05, 0.1) is 5.75 Å². The van der Waals surface area contributed by atoms with E-state index in [2.05, 4.69) is 0 Å². The van der Waals surface area contributed by atoms with Crippen molar-refractivity contribution in [1.29, 1.82) is 0 Å². The summed E-state index contributed by atoms with van der Waals surface area (Å²) < 4.78 is 25.2. The molecule has 0 aliphatic rings. The first kappa shape index (κ1) is 11.2. The maximum atomic E-state index is 12.7. The van der Waals surface area contributed by atoms with Crippen molar-refractivity contribution in [2.24, 2.45) is 0 Å². The monoisotopic (exact) mass is 216 g/mol. The molecule has 0 N–H and O–H groups in total. The predicted molar refractivity (Wildman–Crippen MR) is 52.4 cm³/mol. The minimum atomic E-state index is -0.876. The molecule has 0 aromatic heterocycles. The number of halogens is 2. The third kappa shape index (κ3) is 3.10. The van der Waals surface area contributed by atoms with Crippen molar-refractivity contribution >= 4 is 17.5 Å². The van der Waals surface area contributed by atoms with E-state index in [0.29, 0.717) is 17.1 Å². The second-order valence-corrected chi connectivity index (χ2v) is 3.81. The topological polar surface area (TPSA) is 17.1 Å². The van der Waals surface area contributed by atoms with Crippen molar-refractivity contribution in [3.63, 3.8) is 0 Å². The average molecular weight is 216 g/mol. The molecule has 0 unspecified atom stereocenters. The fraction of sp³-hybridized carbons (Fsp3) is 0.300. The Morgan fingerprint density at radius 1 is 1.36 bits per heavy atom. The van der Waals surface area contributed by atoms with Gasteiger partial charge < -0.3 is 0 Å². The van der Waals surface area contributed by atoms with Crippen LogP contribution in [0.25, 0.3) is 0 Å². The molecule has 1 aromatic carbocycles. The van der Waals surface area contributed by atoms with E-state index in [1.54, 1.807) is 6.92 Å². The van der Waals surface area contributed by atoms with Crippen LogP contribution in [-0.4, -0.2) is 11.5 Å². The molecular formula is C10H10F2OS. The lowest BCUT2D eigenvalue weighted by atomic mass is 10.3. The molecule has 0 aliphatic carbocycles. The van der Waals surface area contributed by atoms with Crippen LogP contribution in [0.4, 0.5) is 8.78 Å². The van der Waals surface area contributed by atoms with Gasteiger partial charge in [-0.25, -0.2) is 8.78 Å². The first-order valence-corrected chi connectivity index (χ1v) is 5.21. The van der Waals surface area contributed by atoms with Crippen molar-refractivity contribution in [3.05, 3.63) is 29.8 Å². The zero-order valence-corrected chi connectivity index (χ0v) is 8.54. The maximum absolute atomic E-state index is 12.7. The zero-order chi connectivity index (χ0) is 10.6. The minimum Gasteiger partial charge on any atom is -0.299 e. The molecule has 0 bridgehead atoms. The lowest BCUT2D eigenvalue weighted by Crippen LogP contribution is -1.98. The second-order valence-electron chi connectivity index (χ2n) is 2.76. The molecule has 1 nitrogen and oxygen atoms in total. The van der Waals surface area contributed by atoms with E-state index in [4.69, 9.17) is 0 Å². The van der Waals surface area contributed by atoms with Crippen LogP contribution in [-0.2, 0) is 4.79 Å². The molecule has 0 aliphatic heterocycles. The Morgan fingerprint density at radius 3 is 2.64 bits per heavy atom. The number of ketones is 1. The summed E-state index contributed by atoms with van der Waals surface area (Å²) in [5, 5.41) is 0. The number of hydrogen-bond acceptors (Lipinski definition) is 2. The van der Waals surface area contributed by atoms with Gasteiger partial charge in [-0.05, 0) is 18.2 Å². The predicted octanol–water partition coefficient (Wildman–Crippen LogP) is 3.04. The molecule has 0 saturated heterocycles. The smallest absolute Gasteiger partial charge is 0.159 e. The maximum Gasteiger partial charge on any atom is 0.159 e. The third-order valence-corrected chi connectivity index (χ3v) is 2.74. The summed E-state index contributed by atoms with van der Waals surface area (Å²) in [6, 6.07) is 3.63. The van der Waals surface area contributed by atoms with Crippen LogP contribution < -0.4 is 0 Å². The standard InChI is InChI=1S/C10H10F2OS/c1-2-7(13)6-14-8-3-4-9(11)10(12)5-8/h3-5H,2,6H2,1H3. The van der Waals surface area contributed by atoms with Crippen molar-refractivity contribution in [1.82, 2.24) is 0 Å². The molecule has 4 heteroatoms. The Hall–Kier alpha value is -0.900. The Balaban J connectivity index is 2.60. The number of benzene rings is 1. The molecule has 0 amide bonds. The summed E-state index contributed by atoms with van der Waals surface area (Å²) in [6.45, 7) is 1.77. The van der Waals surface area contributed by atoms with Crippen molar-refractivity contribution in [3.8, 4) is 0 Å². The Bertz CT molecular complexity index is 339. The van der Waals surface area contributed by atoms with Gasteiger partial charge in [-0.15, -0.1) is 11.8 Å². The fourth-order valence-corrected chi connectivity index (χ4v) is 1.72. The fourth-order valence-electron chi connectivity index (χ4n) is 0.833. The van der Waals surface area contributed by atoms with E-state index in [1.807, 2.05) is 0 Å². The zero-order valence-electron chi connectivity index (χ0n) is 7.72. The number of carbonyl (C=O) groups is 1. The summed E-state index contributed by atoms with van der Waals surface area (Å²) in [4.78, 5) is 11.5. The van der Waals surface area contributed by atoms with Gasteiger partial charge in [0.25, 0.3) is 0 Å². The molecule has 0 fully saturated rings. The highest BCUT2D eigenvalue weighted by molar-refractivity contribution is 8.00. The van der Waals surface area contributed by atoms with E-state index < -0.39 is 11.6 Å². The van der Waals surface area contributed by atoms with Gasteiger partial charge in [-0.2, -0.15) is 0 Å². The molecule has 0 heterocycles. The van der Waals surface area contributed by atoms with E-state index in [-0.39, 0.29) is 5.78 Å². The molecule has 14 heavy (non-hydrogen) atoms. The molecule has 0 atom stereocenters. The Kier molecular flexibility index (Phi) is 4.07. The van der Waals surface area contributed by atoms with Gasteiger partial charge >= 0.3 is 0 Å². The highest BCUT2D eigenvalue weighted by Gasteiger charge is 2.04. The molecule has 1 rings (SSSR count). The third-order valence-electron chi connectivity index (χ3n) is 1.69. The van der Waals surface area contributed by atoms with Crippen molar-refractivity contribution in [2.75, 3.05) is 5.75 Å². The highest BCUT2D eigenvalue weighted by Crippen LogP contribution is 2.20. The molecule has 0 saturated carbocycles. The van der Waals surface area contributed by atoms with Gasteiger partial charge in [-0.3, -0.25) is 4.79 Å². The summed E-state index contributed by atoms with van der Waals surface area (Å²) in [6.07, 6.45) is 0.469. The molecule has 0 spiro atoms. The van der Waals surface area contributed by atoms with E-state index in [9.17, 15) is 13.6 Å². The summed E-state index contributed by atoms with van der Waals surface area (Å²) in [5.74, 6) is -1.34. The van der Waals surface area contributed by atoms with Crippen molar-refractivity contribution in [2.45, 2.75) is 18.2 Å². The van der Waals surface area contributed by atoms with E-state index >= 15 is 0 Å². The van der Waals surface area contributed by atoms with Crippen LogP contribution in [0, 0.1) is 11.6 Å². The molecule has 76 valence electrons. The Morgan fingerprint density at radius 2 is 2.07 bits per heavy atom. The van der Waals surface area contributed by atoms with E-state index in [0.717, 1.165) is 12.1 Å². The number of carbonyl (C=O) groups excluding carboxylic acids is 1. The van der Waals surface area contributed by atoms with Gasteiger partial charge in [0.15, 0.2) is 11.6 Å². The summed E-state index contributed by atoms with van der Waals surface area (Å²) >= 11 is 1.22. The first-order chi connectivity index (χ1) is 6.63. The summed E-state index contributed by atoms with van der Waals surface area (Å²) in [7, 11) is 0. The number of thioether (sulfide) groups is 1. The first-order valence-electron chi connectivity index (χ1n) is 4.23. The van der Waals surface area contributed by atoms with Crippen LogP contribution in [0.3, 0.4) is 0 Å². The lowest BCUT2D eigenvalue weighted by Gasteiger charge is -2.00. The van der Waals surface area contributed by atoms with E-state index in [1.165, 1.54) is 17.8 Å². The van der Waals surface area contributed by atoms with Crippen LogP contribution in [0.5, 0.6) is 0 Å². The number of rotatable bonds is 4. The van der Waals surface area contributed by atoms with Gasteiger partial charge in [0.2, 0.25) is 0 Å². The van der Waals surface area contributed by atoms with Crippen LogP contribution in [0.2, 0.25) is 0 Å².